The molecule has 0 aromatic heterocycles. The second kappa shape index (κ2) is 8.10. The molecular formula is C19H29N3O2. The molecule has 0 aliphatic carbocycles. The van der Waals surface area contributed by atoms with Gasteiger partial charge in [0.2, 0.25) is 0 Å². The standard InChI is InChI=1S/C19H29N3O2/c1-24-18(23)17(22-13-11-21-12-14-22)19(7-9-20-10-8-19)15-16-5-3-2-4-6-16/h2-6,17,20-21H,7-15H2,1H3. The van der Waals surface area contributed by atoms with E-state index in [0.29, 0.717) is 0 Å². The first-order chi connectivity index (χ1) is 11.7. The van der Waals surface area contributed by atoms with Crippen LogP contribution in [0.2, 0.25) is 0 Å². The second-order valence-electron chi connectivity index (χ2n) is 6.99. The third-order valence-electron chi connectivity index (χ3n) is 5.52. The number of esters is 1. The number of rotatable bonds is 5. The minimum Gasteiger partial charge on any atom is -0.468 e. The molecule has 2 N–H and O–H groups in total. The van der Waals surface area contributed by atoms with E-state index in [1.165, 1.54) is 12.7 Å². The lowest BCUT2D eigenvalue weighted by atomic mass is 9.68. The molecule has 1 atom stereocenters. The highest BCUT2D eigenvalue weighted by Gasteiger charge is 2.47. The maximum atomic E-state index is 12.8. The molecule has 132 valence electrons. The van der Waals surface area contributed by atoms with E-state index in [9.17, 15) is 4.79 Å². The molecule has 0 spiro atoms. The summed E-state index contributed by atoms with van der Waals surface area (Å²) in [6, 6.07) is 10.4. The van der Waals surface area contributed by atoms with Crippen LogP contribution in [0.5, 0.6) is 0 Å². The summed E-state index contributed by atoms with van der Waals surface area (Å²) in [6.45, 7) is 5.62. The van der Waals surface area contributed by atoms with Crippen molar-refractivity contribution < 1.29 is 9.53 Å². The van der Waals surface area contributed by atoms with Crippen molar-refractivity contribution in [3.63, 3.8) is 0 Å². The van der Waals surface area contributed by atoms with Crippen LogP contribution in [0, 0.1) is 5.41 Å². The van der Waals surface area contributed by atoms with Gasteiger partial charge in [0, 0.05) is 31.6 Å². The number of benzene rings is 1. The molecule has 1 aromatic carbocycles. The van der Waals surface area contributed by atoms with Crippen molar-refractivity contribution in [1.82, 2.24) is 15.5 Å². The van der Waals surface area contributed by atoms with Crippen LogP contribution < -0.4 is 10.6 Å². The Kier molecular flexibility index (Phi) is 5.87. The summed E-state index contributed by atoms with van der Waals surface area (Å²) in [7, 11) is 1.52. The van der Waals surface area contributed by atoms with Crippen molar-refractivity contribution in [3.8, 4) is 0 Å². The Labute approximate surface area is 144 Å². The van der Waals surface area contributed by atoms with E-state index < -0.39 is 0 Å². The van der Waals surface area contributed by atoms with E-state index in [1.54, 1.807) is 0 Å². The van der Waals surface area contributed by atoms with Crippen LogP contribution in [0.1, 0.15) is 18.4 Å². The number of nitrogens with zero attached hydrogens (tertiary/aromatic N) is 1. The average molecular weight is 331 g/mol. The first-order valence-corrected chi connectivity index (χ1v) is 9.02. The third-order valence-corrected chi connectivity index (χ3v) is 5.52. The molecule has 2 aliphatic heterocycles. The van der Waals surface area contributed by atoms with Crippen LogP contribution in [-0.2, 0) is 16.0 Å². The molecule has 0 amide bonds. The molecule has 2 aliphatic rings. The van der Waals surface area contributed by atoms with Crippen LogP contribution in [-0.4, -0.2) is 63.3 Å². The van der Waals surface area contributed by atoms with Crippen LogP contribution in [0.15, 0.2) is 30.3 Å². The summed E-state index contributed by atoms with van der Waals surface area (Å²) >= 11 is 0. The summed E-state index contributed by atoms with van der Waals surface area (Å²) in [4.78, 5) is 15.1. The molecule has 1 unspecified atom stereocenters. The molecule has 2 heterocycles. The van der Waals surface area contributed by atoms with Crippen molar-refractivity contribution in [1.29, 1.82) is 0 Å². The number of nitrogens with one attached hydrogen (secondary N) is 2. The lowest BCUT2D eigenvalue weighted by Crippen LogP contribution is -2.61. The topological polar surface area (TPSA) is 53.6 Å². The Morgan fingerprint density at radius 3 is 2.38 bits per heavy atom. The van der Waals surface area contributed by atoms with Crippen LogP contribution in [0.4, 0.5) is 0 Å². The fraction of sp³-hybridized carbons (Fsp3) is 0.632. The summed E-state index contributed by atoms with van der Waals surface area (Å²) in [5, 5.41) is 6.84. The fourth-order valence-corrected chi connectivity index (χ4v) is 4.31. The summed E-state index contributed by atoms with van der Waals surface area (Å²) in [6.07, 6.45) is 2.94. The molecule has 0 bridgehead atoms. The van der Waals surface area contributed by atoms with Gasteiger partial charge in [-0.15, -0.1) is 0 Å². The van der Waals surface area contributed by atoms with Gasteiger partial charge in [-0.05, 0) is 37.9 Å². The third kappa shape index (κ3) is 3.79. The first kappa shape index (κ1) is 17.4. The smallest absolute Gasteiger partial charge is 0.323 e. The molecule has 0 radical (unpaired) electrons. The minimum atomic E-state index is -0.160. The van der Waals surface area contributed by atoms with Gasteiger partial charge in [-0.25, -0.2) is 0 Å². The lowest BCUT2D eigenvalue weighted by molar-refractivity contribution is -0.154. The van der Waals surface area contributed by atoms with E-state index in [2.05, 4.69) is 39.8 Å². The number of hydrogen-bond donors (Lipinski definition) is 2. The maximum Gasteiger partial charge on any atom is 0.323 e. The van der Waals surface area contributed by atoms with Crippen LogP contribution >= 0.6 is 0 Å². The number of methoxy groups -OCH3 is 1. The molecular weight excluding hydrogens is 302 g/mol. The van der Waals surface area contributed by atoms with Crippen LogP contribution in [0.25, 0.3) is 0 Å². The molecule has 2 saturated heterocycles. The molecule has 5 heteroatoms. The monoisotopic (exact) mass is 331 g/mol. The van der Waals surface area contributed by atoms with Crippen molar-refractivity contribution in [3.05, 3.63) is 35.9 Å². The zero-order chi connectivity index (χ0) is 16.8. The van der Waals surface area contributed by atoms with Gasteiger partial charge in [-0.3, -0.25) is 9.69 Å². The SMILES string of the molecule is COC(=O)C(N1CCNCC1)C1(Cc2ccccc2)CCNCC1. The van der Waals surface area contributed by atoms with Gasteiger partial charge in [0.05, 0.1) is 7.11 Å². The normalized spacial score (nSPS) is 22.7. The van der Waals surface area contributed by atoms with E-state index in [-0.39, 0.29) is 17.4 Å². The number of carbonyl (C=O) groups is 1. The van der Waals surface area contributed by atoms with Crippen molar-refractivity contribution in [2.75, 3.05) is 46.4 Å². The summed E-state index contributed by atoms with van der Waals surface area (Å²) in [5.41, 5.74) is 1.25. The summed E-state index contributed by atoms with van der Waals surface area (Å²) in [5.74, 6) is -0.0743. The minimum absolute atomic E-state index is 0.0585. The Balaban J connectivity index is 1.92. The van der Waals surface area contributed by atoms with Crippen molar-refractivity contribution in [2.45, 2.75) is 25.3 Å². The van der Waals surface area contributed by atoms with Crippen molar-refractivity contribution >= 4 is 5.97 Å². The molecule has 24 heavy (non-hydrogen) atoms. The first-order valence-electron chi connectivity index (χ1n) is 9.02. The van der Waals surface area contributed by atoms with Gasteiger partial charge in [-0.1, -0.05) is 30.3 Å². The largest absolute Gasteiger partial charge is 0.468 e. The summed E-state index contributed by atoms with van der Waals surface area (Å²) < 4.78 is 5.26. The highest BCUT2D eigenvalue weighted by atomic mass is 16.5. The number of piperidine rings is 1. The zero-order valence-electron chi connectivity index (χ0n) is 14.6. The highest BCUT2D eigenvalue weighted by molar-refractivity contribution is 5.77. The van der Waals surface area contributed by atoms with Crippen LogP contribution in [0.3, 0.4) is 0 Å². The van der Waals surface area contributed by atoms with Gasteiger partial charge >= 0.3 is 5.97 Å². The molecule has 3 rings (SSSR count). The quantitative estimate of drug-likeness (QED) is 0.790. The van der Waals surface area contributed by atoms with Gasteiger partial charge < -0.3 is 15.4 Å². The second-order valence-corrected chi connectivity index (χ2v) is 6.99. The molecule has 5 nitrogen and oxygen atoms in total. The number of ether oxygens (including phenoxy) is 1. The highest BCUT2D eigenvalue weighted by Crippen LogP contribution is 2.40. The lowest BCUT2D eigenvalue weighted by Gasteiger charge is -2.48. The van der Waals surface area contributed by atoms with Gasteiger partial charge in [0.15, 0.2) is 0 Å². The Morgan fingerprint density at radius 1 is 1.12 bits per heavy atom. The predicted molar refractivity (Wildman–Crippen MR) is 94.9 cm³/mol. The van der Waals surface area contributed by atoms with E-state index in [4.69, 9.17) is 4.74 Å². The van der Waals surface area contributed by atoms with E-state index in [0.717, 1.165) is 58.5 Å². The zero-order valence-corrected chi connectivity index (χ0v) is 14.6. The van der Waals surface area contributed by atoms with E-state index >= 15 is 0 Å². The average Bonchev–Trinajstić information content (AvgIpc) is 2.64. The Bertz CT molecular complexity index is 523. The number of piperazine rings is 1. The fourth-order valence-electron chi connectivity index (χ4n) is 4.31. The molecule has 1 aromatic rings. The van der Waals surface area contributed by atoms with Crippen molar-refractivity contribution in [2.24, 2.45) is 5.41 Å². The molecule has 2 fully saturated rings. The number of hydrogen-bond acceptors (Lipinski definition) is 5. The molecule has 0 saturated carbocycles. The Morgan fingerprint density at radius 2 is 1.75 bits per heavy atom. The maximum absolute atomic E-state index is 12.8. The number of carbonyl (C=O) groups excluding carboxylic acids is 1. The predicted octanol–water partition coefficient (Wildman–Crippen LogP) is 1.05. The van der Waals surface area contributed by atoms with Gasteiger partial charge in [0.25, 0.3) is 0 Å². The van der Waals surface area contributed by atoms with Gasteiger partial charge in [-0.2, -0.15) is 0 Å². The van der Waals surface area contributed by atoms with Gasteiger partial charge in [0.1, 0.15) is 6.04 Å². The Hall–Kier alpha value is -1.43. The van der Waals surface area contributed by atoms with E-state index in [1.807, 2.05) is 6.07 Å².